The Bertz CT molecular complexity index is 1080. The van der Waals surface area contributed by atoms with Gasteiger partial charge >= 0.3 is 11.1 Å². The van der Waals surface area contributed by atoms with Gasteiger partial charge in [-0.2, -0.15) is 13.5 Å². The number of benzene rings is 1. The molecule has 164 valence electrons. The Labute approximate surface area is 191 Å². The first-order valence-corrected chi connectivity index (χ1v) is 9.90. The maximum absolute atomic E-state index is 10.9. The van der Waals surface area contributed by atoms with Crippen molar-refractivity contribution in [3.05, 3.63) is 69.4 Å². The highest BCUT2D eigenvalue weighted by Crippen LogP contribution is 2.24. The minimum absolute atomic E-state index is 0. The number of imidazole rings is 1. The second kappa shape index (κ2) is 9.31. The predicted molar refractivity (Wildman–Crippen MR) is 121 cm³/mol. The molecule has 0 aliphatic carbocycles. The number of aliphatic hydroxyl groups is 1. The summed E-state index contributed by atoms with van der Waals surface area (Å²) >= 11 is 5.98. The Balaban J connectivity index is 0.00000272. The third-order valence-corrected chi connectivity index (χ3v) is 5.32. The maximum Gasteiger partial charge on any atom is 0.383 e. The minimum atomic E-state index is -1.15. The van der Waals surface area contributed by atoms with Crippen molar-refractivity contribution < 1.29 is 10.0 Å². The van der Waals surface area contributed by atoms with Crippen molar-refractivity contribution in [2.45, 2.75) is 32.0 Å². The van der Waals surface area contributed by atoms with Crippen molar-refractivity contribution in [3.8, 4) is 11.4 Å². The predicted octanol–water partition coefficient (Wildman–Crippen LogP) is 2.82. The zero-order valence-corrected chi connectivity index (χ0v) is 18.7. The first-order valence-electron chi connectivity index (χ1n) is 9.53. The van der Waals surface area contributed by atoms with Gasteiger partial charge in [0.25, 0.3) is 0 Å². The average Bonchev–Trinajstić information content (AvgIpc) is 3.08. The van der Waals surface area contributed by atoms with Crippen molar-refractivity contribution in [2.75, 3.05) is 13.1 Å². The molecular formula is C20H23ClN6O3S. The van der Waals surface area contributed by atoms with Gasteiger partial charge in [0, 0.05) is 43.4 Å². The van der Waals surface area contributed by atoms with Gasteiger partial charge in [-0.05, 0) is 28.4 Å². The van der Waals surface area contributed by atoms with Gasteiger partial charge in [-0.25, -0.2) is 9.97 Å². The SMILES string of the molecule is C[C@](O)(CN1CCc2nc(-c3ccccc3)ncc2C1)Cn1cc([N+](=O)[O-])nc1Cl.S. The van der Waals surface area contributed by atoms with Crippen molar-refractivity contribution in [1.82, 2.24) is 24.4 Å². The van der Waals surface area contributed by atoms with E-state index in [1.807, 2.05) is 36.5 Å². The Hall–Kier alpha value is -2.53. The van der Waals surface area contributed by atoms with Crippen molar-refractivity contribution >= 4 is 30.9 Å². The highest BCUT2D eigenvalue weighted by Gasteiger charge is 2.30. The largest absolute Gasteiger partial charge is 0.387 e. The molecule has 0 spiro atoms. The van der Waals surface area contributed by atoms with Gasteiger partial charge < -0.3 is 15.2 Å². The van der Waals surface area contributed by atoms with Crippen molar-refractivity contribution in [2.24, 2.45) is 0 Å². The normalized spacial score (nSPS) is 15.6. The Kier molecular flexibility index (Phi) is 6.95. The summed E-state index contributed by atoms with van der Waals surface area (Å²) in [6.07, 6.45) is 3.84. The number of halogens is 1. The number of nitrogens with zero attached hydrogens (tertiary/aromatic N) is 6. The fourth-order valence-electron chi connectivity index (χ4n) is 3.71. The number of hydrogen-bond acceptors (Lipinski definition) is 7. The van der Waals surface area contributed by atoms with E-state index in [0.717, 1.165) is 29.8 Å². The topological polar surface area (TPSA) is 110 Å². The molecule has 2 aromatic heterocycles. The third kappa shape index (κ3) is 5.40. The smallest absolute Gasteiger partial charge is 0.383 e. The summed E-state index contributed by atoms with van der Waals surface area (Å²) in [4.78, 5) is 25.3. The Morgan fingerprint density at radius 1 is 1.26 bits per heavy atom. The van der Waals surface area contributed by atoms with E-state index in [1.54, 1.807) is 6.92 Å². The van der Waals surface area contributed by atoms with Crippen LogP contribution in [0.15, 0.2) is 42.7 Å². The highest BCUT2D eigenvalue weighted by atomic mass is 35.5. The summed E-state index contributed by atoms with van der Waals surface area (Å²) in [6, 6.07) is 9.85. The third-order valence-electron chi connectivity index (χ3n) is 5.02. The molecule has 11 heteroatoms. The first-order chi connectivity index (χ1) is 14.3. The summed E-state index contributed by atoms with van der Waals surface area (Å²) in [5, 5.41) is 21.7. The summed E-state index contributed by atoms with van der Waals surface area (Å²) < 4.78 is 1.40. The fourth-order valence-corrected chi connectivity index (χ4v) is 3.91. The van der Waals surface area contributed by atoms with Gasteiger partial charge in [-0.1, -0.05) is 30.3 Å². The highest BCUT2D eigenvalue weighted by molar-refractivity contribution is 7.59. The van der Waals surface area contributed by atoms with E-state index in [2.05, 4.69) is 14.9 Å². The molecule has 0 radical (unpaired) electrons. The van der Waals surface area contributed by atoms with Crippen LogP contribution in [0.4, 0.5) is 5.82 Å². The molecule has 9 nitrogen and oxygen atoms in total. The molecule has 3 aromatic rings. The second-order valence-corrected chi connectivity index (χ2v) is 8.08. The summed E-state index contributed by atoms with van der Waals surface area (Å²) in [7, 11) is 0. The average molecular weight is 463 g/mol. The van der Waals surface area contributed by atoms with Gasteiger partial charge in [0.1, 0.15) is 6.20 Å². The van der Waals surface area contributed by atoms with Crippen molar-refractivity contribution in [3.63, 3.8) is 0 Å². The fraction of sp³-hybridized carbons (Fsp3) is 0.350. The van der Waals surface area contributed by atoms with E-state index < -0.39 is 10.5 Å². The molecule has 0 fully saturated rings. The van der Waals surface area contributed by atoms with Crippen LogP contribution in [0.2, 0.25) is 5.28 Å². The van der Waals surface area contributed by atoms with Gasteiger partial charge in [0.05, 0.1) is 17.8 Å². The number of β-amino-alcohol motifs (C(OH)–C–C–N with tert-alkyl or cyclic N) is 1. The molecule has 0 saturated carbocycles. The number of fused-ring (bicyclic) bond motifs is 1. The van der Waals surface area contributed by atoms with E-state index in [4.69, 9.17) is 16.6 Å². The lowest BCUT2D eigenvalue weighted by atomic mass is 10.0. The number of nitro groups is 1. The van der Waals surface area contributed by atoms with Crippen LogP contribution in [0.3, 0.4) is 0 Å². The molecule has 4 rings (SSSR count). The molecule has 31 heavy (non-hydrogen) atoms. The number of rotatable bonds is 6. The summed E-state index contributed by atoms with van der Waals surface area (Å²) in [5.74, 6) is 0.375. The molecule has 0 unspecified atom stereocenters. The zero-order chi connectivity index (χ0) is 21.3. The molecule has 1 N–H and O–H groups in total. The molecule has 0 bridgehead atoms. The van der Waals surface area contributed by atoms with E-state index in [-0.39, 0.29) is 31.1 Å². The molecule has 1 atom stereocenters. The van der Waals surface area contributed by atoms with Gasteiger partial charge in [-0.15, -0.1) is 0 Å². The van der Waals surface area contributed by atoms with E-state index in [0.29, 0.717) is 18.9 Å². The van der Waals surface area contributed by atoms with Crippen LogP contribution in [0.5, 0.6) is 0 Å². The lowest BCUT2D eigenvalue weighted by molar-refractivity contribution is -0.389. The van der Waals surface area contributed by atoms with Crippen molar-refractivity contribution in [1.29, 1.82) is 0 Å². The van der Waals surface area contributed by atoms with Crippen LogP contribution in [0.1, 0.15) is 18.2 Å². The standard InChI is InChI=1S/C20H21ClN6O3.H2S/c1-20(28,13-26-11-17(27(29)30)24-19(26)21)12-25-8-7-16-15(10-25)9-22-18(23-16)14-5-3-2-4-6-14;/h2-6,9,11,28H,7-8,10,12-13H2,1H3;1H2/t20-;/m0./s1. The van der Waals surface area contributed by atoms with E-state index in [1.165, 1.54) is 10.8 Å². The van der Waals surface area contributed by atoms with Crippen LogP contribution in [0.25, 0.3) is 11.4 Å². The lowest BCUT2D eigenvalue weighted by Crippen LogP contribution is -2.45. The van der Waals surface area contributed by atoms with Crippen LogP contribution < -0.4 is 0 Å². The maximum atomic E-state index is 10.9. The van der Waals surface area contributed by atoms with Gasteiger partial charge in [0.2, 0.25) is 0 Å². The molecule has 1 aliphatic rings. The Morgan fingerprint density at radius 2 is 2.00 bits per heavy atom. The van der Waals surface area contributed by atoms with E-state index in [9.17, 15) is 15.2 Å². The summed E-state index contributed by atoms with van der Waals surface area (Å²) in [6.45, 7) is 3.51. The van der Waals surface area contributed by atoms with Gasteiger partial charge in [0.15, 0.2) is 5.82 Å². The Morgan fingerprint density at radius 3 is 2.68 bits per heavy atom. The van der Waals surface area contributed by atoms with Crippen LogP contribution in [-0.4, -0.2) is 53.1 Å². The minimum Gasteiger partial charge on any atom is -0.387 e. The molecule has 1 aromatic carbocycles. The molecule has 3 heterocycles. The second-order valence-electron chi connectivity index (χ2n) is 7.74. The van der Waals surface area contributed by atoms with Crippen LogP contribution >= 0.6 is 25.1 Å². The molecular weight excluding hydrogens is 440 g/mol. The number of aromatic nitrogens is 4. The van der Waals surface area contributed by atoms with Crippen LogP contribution in [0, 0.1) is 10.1 Å². The quantitative estimate of drug-likeness (QED) is 0.443. The van der Waals surface area contributed by atoms with E-state index >= 15 is 0 Å². The first kappa shape index (κ1) is 23.1. The van der Waals surface area contributed by atoms with Crippen LogP contribution in [-0.2, 0) is 19.5 Å². The summed E-state index contributed by atoms with van der Waals surface area (Å²) in [5.41, 5.74) is 1.89. The molecule has 0 amide bonds. The number of hydrogen-bond donors (Lipinski definition) is 1. The molecule has 0 saturated heterocycles. The zero-order valence-electron chi connectivity index (χ0n) is 16.9. The lowest BCUT2D eigenvalue weighted by Gasteiger charge is -2.34. The van der Waals surface area contributed by atoms with Gasteiger partial charge in [-0.3, -0.25) is 9.47 Å². The molecule has 1 aliphatic heterocycles. The monoisotopic (exact) mass is 462 g/mol.